The van der Waals surface area contributed by atoms with Gasteiger partial charge in [0, 0.05) is 22.3 Å². The van der Waals surface area contributed by atoms with Gasteiger partial charge in [-0.05, 0) is 74.6 Å². The van der Waals surface area contributed by atoms with Crippen LogP contribution in [0.3, 0.4) is 0 Å². The van der Waals surface area contributed by atoms with E-state index in [0.717, 1.165) is 79.4 Å². The third-order valence-corrected chi connectivity index (χ3v) is 12.6. The van der Waals surface area contributed by atoms with Gasteiger partial charge < -0.3 is 10.2 Å². The fourth-order valence-electron chi connectivity index (χ4n) is 7.35. The monoisotopic (exact) mass is 658 g/mol. The van der Waals surface area contributed by atoms with Crippen LogP contribution in [-0.4, -0.2) is 41.0 Å². The number of rotatable bonds is 10. The maximum absolute atomic E-state index is 11.8. The highest BCUT2D eigenvalue weighted by Gasteiger charge is 2.43. The van der Waals surface area contributed by atoms with Crippen molar-refractivity contribution in [1.82, 2.24) is 30.8 Å². The molecule has 8 heteroatoms. The standard InChI is InChI=1S/C41H50N6O2/c1-11-38(3,4)40(7,8)34-30(48)21-19-24(32(34)26-15-13-17-28-36(26)44-46-42-28)23-25-20-22-31(49)35(41(9,10)39(5,6)12-2)33(25)27-16-14-18-29-37(27)45-47-43-29/h13-22,48-49H,11-12,23H2,1-10H3,(H,42,44,46)(H,43,45,47). The Bertz CT molecular complexity index is 2010. The van der Waals surface area contributed by atoms with Crippen LogP contribution in [0.4, 0.5) is 0 Å². The first kappa shape index (κ1) is 34.2. The molecule has 0 unspecified atom stereocenters. The molecule has 256 valence electrons. The quantitative estimate of drug-likeness (QED) is 0.116. The number of fused-ring (bicyclic) bond motifs is 2. The second-order valence-electron chi connectivity index (χ2n) is 15.9. The van der Waals surface area contributed by atoms with E-state index in [-0.39, 0.29) is 22.3 Å². The molecule has 4 N–H and O–H groups in total. The zero-order chi connectivity index (χ0) is 35.5. The zero-order valence-corrected chi connectivity index (χ0v) is 30.6. The normalized spacial score (nSPS) is 13.1. The van der Waals surface area contributed by atoms with E-state index in [1.54, 1.807) is 0 Å². The summed E-state index contributed by atoms with van der Waals surface area (Å²) in [4.78, 5) is 0. The number of hydrogen-bond acceptors (Lipinski definition) is 6. The number of aromatic amines is 2. The van der Waals surface area contributed by atoms with Crippen molar-refractivity contribution in [2.75, 3.05) is 0 Å². The molecular formula is C41H50N6O2. The molecule has 0 saturated heterocycles. The number of nitrogens with one attached hydrogen (secondary N) is 2. The minimum atomic E-state index is -0.425. The fourth-order valence-corrected chi connectivity index (χ4v) is 7.35. The van der Waals surface area contributed by atoms with Crippen LogP contribution in [0.5, 0.6) is 11.5 Å². The molecular weight excluding hydrogens is 608 g/mol. The molecule has 8 nitrogen and oxygen atoms in total. The van der Waals surface area contributed by atoms with Crippen LogP contribution in [0.25, 0.3) is 44.3 Å². The number of aromatic hydroxyl groups is 2. The van der Waals surface area contributed by atoms with Crippen LogP contribution in [0.15, 0.2) is 60.7 Å². The summed E-state index contributed by atoms with van der Waals surface area (Å²) < 4.78 is 0. The second-order valence-corrected chi connectivity index (χ2v) is 15.9. The highest BCUT2D eigenvalue weighted by Crippen LogP contribution is 2.54. The van der Waals surface area contributed by atoms with Crippen LogP contribution >= 0.6 is 0 Å². The maximum atomic E-state index is 11.8. The van der Waals surface area contributed by atoms with Crippen molar-refractivity contribution in [2.45, 2.75) is 99.3 Å². The molecule has 0 radical (unpaired) electrons. The van der Waals surface area contributed by atoms with Crippen molar-refractivity contribution >= 4 is 22.1 Å². The lowest BCUT2D eigenvalue weighted by atomic mass is 9.60. The van der Waals surface area contributed by atoms with Crippen LogP contribution < -0.4 is 0 Å². The van der Waals surface area contributed by atoms with Crippen molar-refractivity contribution in [3.63, 3.8) is 0 Å². The van der Waals surface area contributed by atoms with E-state index in [1.165, 1.54) is 0 Å². The fraction of sp³-hybridized carbons (Fsp3) is 0.415. The van der Waals surface area contributed by atoms with Gasteiger partial charge in [-0.25, -0.2) is 0 Å². The predicted octanol–water partition coefficient (Wildman–Crippen LogP) is 9.99. The summed E-state index contributed by atoms with van der Waals surface area (Å²) in [5.41, 5.74) is 9.50. The summed E-state index contributed by atoms with van der Waals surface area (Å²) in [6.07, 6.45) is 2.37. The molecule has 0 saturated carbocycles. The number of phenolic OH excluding ortho intramolecular Hbond substituents is 2. The van der Waals surface area contributed by atoms with Crippen molar-refractivity contribution in [1.29, 1.82) is 0 Å². The van der Waals surface area contributed by atoms with Gasteiger partial charge in [0.1, 0.15) is 33.6 Å². The van der Waals surface area contributed by atoms with Gasteiger partial charge >= 0.3 is 0 Å². The zero-order valence-electron chi connectivity index (χ0n) is 30.6. The Morgan fingerprint density at radius 3 is 1.29 bits per heavy atom. The van der Waals surface area contributed by atoms with E-state index in [1.807, 2.05) is 48.5 Å². The van der Waals surface area contributed by atoms with Gasteiger partial charge in [0.2, 0.25) is 0 Å². The van der Waals surface area contributed by atoms with E-state index >= 15 is 0 Å². The number of para-hydroxylation sites is 2. The minimum Gasteiger partial charge on any atom is -0.508 e. The first-order valence-electron chi connectivity index (χ1n) is 17.4. The number of benzene rings is 4. The summed E-state index contributed by atoms with van der Waals surface area (Å²) in [6.45, 7) is 22.4. The van der Waals surface area contributed by atoms with E-state index in [0.29, 0.717) is 6.42 Å². The lowest BCUT2D eigenvalue weighted by Gasteiger charge is -2.44. The van der Waals surface area contributed by atoms with Gasteiger partial charge in [-0.1, -0.05) is 118 Å². The Morgan fingerprint density at radius 1 is 0.531 bits per heavy atom. The van der Waals surface area contributed by atoms with Crippen LogP contribution in [0, 0.1) is 10.8 Å². The Hall–Kier alpha value is -4.72. The molecule has 6 rings (SSSR count). The van der Waals surface area contributed by atoms with Crippen LogP contribution in [0.2, 0.25) is 0 Å². The summed E-state index contributed by atoms with van der Waals surface area (Å²) in [5, 5.41) is 47.3. The Morgan fingerprint density at radius 2 is 0.918 bits per heavy atom. The van der Waals surface area contributed by atoms with Gasteiger partial charge in [0.15, 0.2) is 0 Å². The third-order valence-electron chi connectivity index (χ3n) is 12.6. The van der Waals surface area contributed by atoms with Crippen LogP contribution in [0.1, 0.15) is 104 Å². The van der Waals surface area contributed by atoms with E-state index in [2.05, 4.69) is 112 Å². The lowest BCUT2D eigenvalue weighted by Crippen LogP contribution is -2.37. The molecule has 0 aliphatic heterocycles. The van der Waals surface area contributed by atoms with Gasteiger partial charge in [-0.2, -0.15) is 30.8 Å². The molecule has 0 amide bonds. The first-order chi connectivity index (χ1) is 23.1. The number of aromatic nitrogens is 6. The summed E-state index contributed by atoms with van der Waals surface area (Å²) in [6, 6.07) is 19.8. The predicted molar refractivity (Wildman–Crippen MR) is 199 cm³/mol. The Kier molecular flexibility index (Phi) is 8.37. The van der Waals surface area contributed by atoms with Gasteiger partial charge in [0.05, 0.1) is 0 Å². The molecule has 0 bridgehead atoms. The highest BCUT2D eigenvalue weighted by atomic mass is 16.3. The maximum Gasteiger partial charge on any atom is 0.120 e. The average molecular weight is 659 g/mol. The minimum absolute atomic E-state index is 0.148. The molecule has 0 aliphatic rings. The van der Waals surface area contributed by atoms with Crippen molar-refractivity contribution in [3.05, 3.63) is 82.9 Å². The molecule has 0 fully saturated rings. The summed E-state index contributed by atoms with van der Waals surface area (Å²) in [5.74, 6) is 0.520. The first-order valence-corrected chi connectivity index (χ1v) is 17.4. The molecule has 0 atom stereocenters. The van der Waals surface area contributed by atoms with Crippen LogP contribution in [-0.2, 0) is 17.3 Å². The highest BCUT2D eigenvalue weighted by molar-refractivity contribution is 5.96. The average Bonchev–Trinajstić information content (AvgIpc) is 3.75. The molecule has 2 aromatic heterocycles. The lowest BCUT2D eigenvalue weighted by molar-refractivity contribution is 0.185. The topological polar surface area (TPSA) is 124 Å². The smallest absolute Gasteiger partial charge is 0.120 e. The number of phenols is 2. The Balaban J connectivity index is 1.71. The van der Waals surface area contributed by atoms with E-state index < -0.39 is 10.8 Å². The molecule has 6 aromatic rings. The second kappa shape index (κ2) is 12.0. The van der Waals surface area contributed by atoms with Gasteiger partial charge in [0.25, 0.3) is 0 Å². The molecule has 0 spiro atoms. The van der Waals surface area contributed by atoms with Crippen molar-refractivity contribution in [3.8, 4) is 33.8 Å². The molecule has 2 heterocycles. The number of H-pyrrole nitrogens is 2. The van der Waals surface area contributed by atoms with Crippen molar-refractivity contribution in [2.24, 2.45) is 10.8 Å². The number of nitrogens with zero attached hydrogens (tertiary/aromatic N) is 4. The molecule has 4 aromatic carbocycles. The molecule has 0 aliphatic carbocycles. The summed E-state index contributed by atoms with van der Waals surface area (Å²) in [7, 11) is 0. The van der Waals surface area contributed by atoms with E-state index in [9.17, 15) is 10.2 Å². The summed E-state index contributed by atoms with van der Waals surface area (Å²) >= 11 is 0. The Labute approximate surface area is 289 Å². The van der Waals surface area contributed by atoms with Gasteiger partial charge in [-0.3, -0.25) is 0 Å². The van der Waals surface area contributed by atoms with E-state index in [4.69, 9.17) is 0 Å². The van der Waals surface area contributed by atoms with Gasteiger partial charge in [-0.15, -0.1) is 0 Å². The number of hydrogen-bond donors (Lipinski definition) is 4. The van der Waals surface area contributed by atoms with Crippen molar-refractivity contribution < 1.29 is 10.2 Å². The molecule has 49 heavy (non-hydrogen) atoms. The largest absolute Gasteiger partial charge is 0.508 e. The third kappa shape index (κ3) is 5.36. The SMILES string of the molecule is CCC(C)(C)C(C)(C)c1c(O)ccc(Cc2ccc(O)c(C(C)(C)C(C)(C)CC)c2-c2cccc3n[nH]nc23)c1-c1cccc2n[nH]nc12.